The minimum absolute atomic E-state index is 1.05. The predicted molar refractivity (Wildman–Crippen MR) is 37.7 cm³/mol. The molecular weight excluding hydrogens is 225 g/mol. The molecule has 0 aromatic heterocycles. The van der Waals surface area contributed by atoms with Crippen LogP contribution in [0.4, 0.5) is 4.39 Å². The van der Waals surface area contributed by atoms with Crippen LogP contribution >= 0.6 is 15.9 Å². The zero-order valence-electron chi connectivity index (χ0n) is 5.41. The zero-order valence-corrected chi connectivity index (χ0v) is 6.99. The highest BCUT2D eigenvalue weighted by Crippen LogP contribution is 2.22. The van der Waals surface area contributed by atoms with Crippen molar-refractivity contribution in [3.63, 3.8) is 0 Å². The third-order valence-electron chi connectivity index (χ3n) is 1.32. The Labute approximate surface area is 70.1 Å². The number of rotatable bonds is 4. The Kier molecular flexibility index (Phi) is 3.84. The normalized spacial score (nSPS) is 14.5. The van der Waals surface area contributed by atoms with E-state index in [1.165, 1.54) is 0 Å². The van der Waals surface area contributed by atoms with E-state index >= 15 is 0 Å². The Morgan fingerprint density at radius 3 is 2.00 bits per heavy atom. The lowest BCUT2D eigenvalue weighted by molar-refractivity contribution is -0.580. The second-order valence-corrected chi connectivity index (χ2v) is 2.78. The molecule has 0 heterocycles. The van der Waals surface area contributed by atoms with E-state index < -0.39 is 28.8 Å². The molecule has 1 atom stereocenters. The van der Waals surface area contributed by atoms with Crippen LogP contribution in [0.3, 0.4) is 0 Å². The lowest BCUT2D eigenvalue weighted by Crippen LogP contribution is -2.51. The van der Waals surface area contributed by atoms with E-state index in [-0.39, 0.29) is 0 Å². The van der Waals surface area contributed by atoms with Crippen LogP contribution in [0.1, 0.15) is 0 Å². The van der Waals surface area contributed by atoms with E-state index in [0.29, 0.717) is 0 Å². The molecule has 0 aromatic carbocycles. The molecule has 0 aliphatic rings. The SMILES string of the molecule is O=[N+]([O-])C(CO)(CO)C(F)Br. The number of alkyl halides is 2. The number of hydrogen-bond donors (Lipinski definition) is 2. The van der Waals surface area contributed by atoms with Crippen molar-refractivity contribution in [1.82, 2.24) is 0 Å². The molecule has 0 amide bonds. The first-order valence-electron chi connectivity index (χ1n) is 2.65. The Balaban J connectivity index is 4.61. The topological polar surface area (TPSA) is 83.6 Å². The first-order valence-corrected chi connectivity index (χ1v) is 3.57. The fourth-order valence-electron chi connectivity index (χ4n) is 0.383. The van der Waals surface area contributed by atoms with Crippen LogP contribution < -0.4 is 0 Å². The summed E-state index contributed by atoms with van der Waals surface area (Å²) in [5, 5.41) is 25.0. The fraction of sp³-hybridized carbons (Fsp3) is 1.00. The van der Waals surface area contributed by atoms with Gasteiger partial charge in [0.15, 0.2) is 0 Å². The number of nitrogens with zero attached hydrogens (tertiary/aromatic N) is 1. The molecular formula is C4H7BrFNO4. The minimum atomic E-state index is -2.33. The van der Waals surface area contributed by atoms with Crippen molar-refractivity contribution in [3.05, 3.63) is 10.1 Å². The molecule has 0 rings (SSSR count). The quantitative estimate of drug-likeness (QED) is 0.395. The van der Waals surface area contributed by atoms with E-state index in [1.807, 2.05) is 0 Å². The summed E-state index contributed by atoms with van der Waals surface area (Å²) in [4.78, 5) is 9.09. The average molecular weight is 232 g/mol. The molecule has 0 radical (unpaired) electrons. The standard InChI is InChI=1S/C4H7BrFNO4/c5-3(6)4(1-8,2-9)7(10)11/h3,8-9H,1-2H2. The summed E-state index contributed by atoms with van der Waals surface area (Å²) in [6.45, 7) is -2.11. The van der Waals surface area contributed by atoms with Crippen molar-refractivity contribution in [1.29, 1.82) is 0 Å². The summed E-state index contributed by atoms with van der Waals surface area (Å²) < 4.78 is 12.4. The summed E-state index contributed by atoms with van der Waals surface area (Å²) >= 11 is 2.29. The first-order chi connectivity index (χ1) is 5.01. The second-order valence-electron chi connectivity index (χ2n) is 1.98. The van der Waals surface area contributed by atoms with E-state index in [2.05, 4.69) is 15.9 Å². The monoisotopic (exact) mass is 231 g/mol. The van der Waals surface area contributed by atoms with Crippen molar-refractivity contribution >= 4 is 15.9 Å². The lowest BCUT2D eigenvalue weighted by Gasteiger charge is -2.20. The van der Waals surface area contributed by atoms with Gasteiger partial charge in [0.2, 0.25) is 5.08 Å². The van der Waals surface area contributed by atoms with Gasteiger partial charge in [0.05, 0.1) is 0 Å². The Morgan fingerprint density at radius 2 is 2.00 bits per heavy atom. The van der Waals surface area contributed by atoms with Crippen LogP contribution in [-0.4, -0.2) is 39.0 Å². The first kappa shape index (κ1) is 10.7. The van der Waals surface area contributed by atoms with Crippen molar-refractivity contribution in [2.75, 3.05) is 13.2 Å². The largest absolute Gasteiger partial charge is 0.389 e. The molecule has 0 fully saturated rings. The third-order valence-corrected chi connectivity index (χ3v) is 2.17. The van der Waals surface area contributed by atoms with Gasteiger partial charge >= 0.3 is 5.54 Å². The molecule has 0 aromatic rings. The van der Waals surface area contributed by atoms with Gasteiger partial charge in [-0.1, -0.05) is 0 Å². The highest BCUT2D eigenvalue weighted by molar-refractivity contribution is 9.09. The molecule has 1 unspecified atom stereocenters. The Morgan fingerprint density at radius 1 is 1.64 bits per heavy atom. The Hall–Kier alpha value is -0.270. The van der Waals surface area contributed by atoms with Crippen LogP contribution in [0.25, 0.3) is 0 Å². The van der Waals surface area contributed by atoms with Gasteiger partial charge in [-0.25, -0.2) is 4.39 Å². The van der Waals surface area contributed by atoms with E-state index in [9.17, 15) is 14.5 Å². The van der Waals surface area contributed by atoms with Crippen LogP contribution in [0.2, 0.25) is 0 Å². The van der Waals surface area contributed by atoms with Crippen LogP contribution in [0, 0.1) is 10.1 Å². The van der Waals surface area contributed by atoms with Gasteiger partial charge in [-0.15, -0.1) is 0 Å². The molecule has 0 saturated carbocycles. The minimum Gasteiger partial charge on any atom is -0.389 e. The molecule has 0 aliphatic carbocycles. The average Bonchev–Trinajstić information content (AvgIpc) is 1.90. The Bertz CT molecular complexity index is 149. The molecule has 11 heavy (non-hydrogen) atoms. The maximum absolute atomic E-state index is 12.4. The molecule has 0 bridgehead atoms. The van der Waals surface area contributed by atoms with Crippen molar-refractivity contribution < 1.29 is 19.5 Å². The van der Waals surface area contributed by atoms with Gasteiger partial charge in [-0.2, -0.15) is 0 Å². The van der Waals surface area contributed by atoms with Gasteiger partial charge in [-0.3, -0.25) is 10.1 Å². The lowest BCUT2D eigenvalue weighted by atomic mass is 10.1. The summed E-state index contributed by atoms with van der Waals surface area (Å²) in [5.74, 6) is 0. The molecule has 66 valence electrons. The highest BCUT2D eigenvalue weighted by Gasteiger charge is 2.49. The van der Waals surface area contributed by atoms with E-state index in [4.69, 9.17) is 10.2 Å². The smallest absolute Gasteiger partial charge is 0.307 e. The molecule has 7 heteroatoms. The number of nitro groups is 1. The van der Waals surface area contributed by atoms with Gasteiger partial charge < -0.3 is 10.2 Å². The number of aliphatic hydroxyl groups excluding tert-OH is 2. The van der Waals surface area contributed by atoms with E-state index in [1.54, 1.807) is 0 Å². The summed E-state index contributed by atoms with van der Waals surface area (Å²) in [5.41, 5.74) is -2.33. The van der Waals surface area contributed by atoms with Crippen molar-refractivity contribution in [3.8, 4) is 0 Å². The summed E-state index contributed by atoms with van der Waals surface area (Å²) in [6, 6.07) is 0. The maximum Gasteiger partial charge on any atom is 0.307 e. The number of aliphatic hydroxyl groups is 2. The van der Waals surface area contributed by atoms with Crippen LogP contribution in [0.5, 0.6) is 0 Å². The molecule has 0 saturated heterocycles. The van der Waals surface area contributed by atoms with Crippen LogP contribution in [0.15, 0.2) is 0 Å². The third kappa shape index (κ3) is 1.85. The molecule has 0 aliphatic heterocycles. The molecule has 0 spiro atoms. The zero-order chi connectivity index (χ0) is 9.07. The van der Waals surface area contributed by atoms with Crippen LogP contribution in [-0.2, 0) is 0 Å². The van der Waals surface area contributed by atoms with Crippen molar-refractivity contribution in [2.45, 2.75) is 10.6 Å². The second kappa shape index (κ2) is 3.93. The van der Waals surface area contributed by atoms with Gasteiger partial charge in [0, 0.05) is 4.92 Å². The fourth-order valence-corrected chi connectivity index (χ4v) is 0.840. The predicted octanol–water partition coefficient (Wildman–Crippen LogP) is -0.323. The summed E-state index contributed by atoms with van der Waals surface area (Å²) in [6.07, 6.45) is 0. The molecule has 5 nitrogen and oxygen atoms in total. The molecule has 2 N–H and O–H groups in total. The maximum atomic E-state index is 12.4. The van der Waals surface area contributed by atoms with E-state index in [0.717, 1.165) is 0 Å². The van der Waals surface area contributed by atoms with Crippen molar-refractivity contribution in [2.24, 2.45) is 0 Å². The van der Waals surface area contributed by atoms with Gasteiger partial charge in [-0.05, 0) is 15.9 Å². The van der Waals surface area contributed by atoms with Gasteiger partial charge in [0.1, 0.15) is 13.2 Å². The number of hydrogen-bond acceptors (Lipinski definition) is 4. The number of halogens is 2. The highest BCUT2D eigenvalue weighted by atomic mass is 79.9. The van der Waals surface area contributed by atoms with Gasteiger partial charge in [0.25, 0.3) is 0 Å². The summed E-state index contributed by atoms with van der Waals surface area (Å²) in [7, 11) is 0.